The topological polar surface area (TPSA) is 102 Å². The van der Waals surface area contributed by atoms with Crippen LogP contribution in [0.25, 0.3) is 21.9 Å². The molecule has 0 aliphatic carbocycles. The number of hydrogen-bond acceptors (Lipinski definition) is 6. The van der Waals surface area contributed by atoms with Crippen LogP contribution in [0.1, 0.15) is 66.3 Å². The Kier molecular flexibility index (Phi) is 5.69. The fourth-order valence-electron chi connectivity index (χ4n) is 5.79. The normalized spacial score (nSPS) is 21.2. The van der Waals surface area contributed by atoms with E-state index in [1.807, 2.05) is 36.3 Å². The Morgan fingerprint density at radius 2 is 2.00 bits per heavy atom. The molecule has 0 spiro atoms. The van der Waals surface area contributed by atoms with Gasteiger partial charge in [-0.25, -0.2) is 4.98 Å². The predicted molar refractivity (Wildman–Crippen MR) is 135 cm³/mol. The first kappa shape index (κ1) is 22.7. The smallest absolute Gasteiger partial charge is 0.257 e. The molecule has 2 atom stereocenters. The van der Waals surface area contributed by atoms with Gasteiger partial charge < -0.3 is 14.2 Å². The maximum Gasteiger partial charge on any atom is 0.257 e. The number of piperidine rings is 1. The molecule has 0 N–H and O–H groups in total. The maximum atomic E-state index is 13.0. The number of pyridine rings is 1. The lowest BCUT2D eigenvalue weighted by molar-refractivity contribution is 0.00585. The molecule has 6 rings (SSSR count). The Bertz CT molecular complexity index is 1490. The quantitative estimate of drug-likeness (QED) is 0.437. The van der Waals surface area contributed by atoms with Crippen LogP contribution in [0, 0.1) is 11.3 Å². The molecule has 1 aromatic carbocycles. The second-order valence-corrected chi connectivity index (χ2v) is 10.0. The minimum atomic E-state index is 0.0348. The van der Waals surface area contributed by atoms with E-state index < -0.39 is 0 Å². The second kappa shape index (κ2) is 9.03. The molecule has 9 heteroatoms. The van der Waals surface area contributed by atoms with Crippen molar-refractivity contribution in [2.45, 2.75) is 50.7 Å². The van der Waals surface area contributed by atoms with Gasteiger partial charge in [0.05, 0.1) is 46.7 Å². The first-order chi connectivity index (χ1) is 17.5. The zero-order valence-electron chi connectivity index (χ0n) is 20.6. The number of aromatic nitrogens is 5. The minimum Gasteiger partial charge on any atom is -0.378 e. The average Bonchev–Trinajstić information content (AvgIpc) is 3.52. The van der Waals surface area contributed by atoms with E-state index in [2.05, 4.69) is 27.6 Å². The van der Waals surface area contributed by atoms with Gasteiger partial charge >= 0.3 is 0 Å². The third kappa shape index (κ3) is 3.91. The Labute approximate surface area is 209 Å². The van der Waals surface area contributed by atoms with Crippen molar-refractivity contribution in [1.82, 2.24) is 29.2 Å². The highest BCUT2D eigenvalue weighted by atomic mass is 16.5. The zero-order chi connectivity index (χ0) is 24.8. The van der Waals surface area contributed by atoms with E-state index in [4.69, 9.17) is 9.72 Å². The van der Waals surface area contributed by atoms with Crippen LogP contribution in [0.15, 0.2) is 36.8 Å². The number of nitrogens with zero attached hydrogens (tertiary/aromatic N) is 7. The van der Waals surface area contributed by atoms with Crippen LogP contribution in [-0.4, -0.2) is 60.9 Å². The van der Waals surface area contributed by atoms with Crippen LogP contribution in [0.3, 0.4) is 0 Å². The highest BCUT2D eigenvalue weighted by Crippen LogP contribution is 2.38. The van der Waals surface area contributed by atoms with Crippen molar-refractivity contribution in [2.24, 2.45) is 7.05 Å². The molecule has 2 aliphatic heterocycles. The van der Waals surface area contributed by atoms with Crippen molar-refractivity contribution in [2.75, 3.05) is 19.7 Å². The summed E-state index contributed by atoms with van der Waals surface area (Å²) in [5.41, 5.74) is 4.03. The van der Waals surface area contributed by atoms with Crippen molar-refractivity contribution in [3.05, 3.63) is 53.7 Å². The fourth-order valence-corrected chi connectivity index (χ4v) is 5.79. The number of amides is 1. The van der Waals surface area contributed by atoms with Crippen LogP contribution in [0.4, 0.5) is 0 Å². The van der Waals surface area contributed by atoms with E-state index in [-0.39, 0.29) is 24.0 Å². The molecular weight excluding hydrogens is 454 g/mol. The predicted octanol–water partition coefficient (Wildman–Crippen LogP) is 3.95. The lowest BCUT2D eigenvalue weighted by atomic mass is 9.94. The number of fused-ring (bicyclic) bond motifs is 3. The molecule has 2 aliphatic rings. The van der Waals surface area contributed by atoms with Crippen molar-refractivity contribution >= 4 is 27.8 Å². The summed E-state index contributed by atoms with van der Waals surface area (Å²) in [7, 11) is 1.82. The first-order valence-electron chi connectivity index (χ1n) is 12.6. The molecule has 0 saturated carbocycles. The van der Waals surface area contributed by atoms with Gasteiger partial charge in [0.1, 0.15) is 11.3 Å². The monoisotopic (exact) mass is 483 g/mol. The summed E-state index contributed by atoms with van der Waals surface area (Å²) in [6.07, 6.45) is 8.97. The van der Waals surface area contributed by atoms with Gasteiger partial charge in [-0.1, -0.05) is 0 Å². The molecule has 2 saturated heterocycles. The molecule has 36 heavy (non-hydrogen) atoms. The maximum absolute atomic E-state index is 13.0. The molecule has 2 fully saturated rings. The summed E-state index contributed by atoms with van der Waals surface area (Å²) in [4.78, 5) is 24.7. The Morgan fingerprint density at radius 3 is 2.72 bits per heavy atom. The van der Waals surface area contributed by atoms with Crippen LogP contribution < -0.4 is 0 Å². The van der Waals surface area contributed by atoms with Gasteiger partial charge in [0.2, 0.25) is 0 Å². The number of ether oxygens (including phenoxy) is 1. The highest BCUT2D eigenvalue weighted by Gasteiger charge is 2.32. The number of hydrogen-bond donors (Lipinski definition) is 0. The highest BCUT2D eigenvalue weighted by molar-refractivity contribution is 6.03. The SMILES string of the molecule is C[C@@H]1C[C@H](n2c(C3CCN(C(=O)c4cnn(C)c4)CC3)nc3cnc4ccc(C#N)cc4c32)CCO1. The number of imidazole rings is 1. The van der Waals surface area contributed by atoms with Crippen molar-refractivity contribution < 1.29 is 9.53 Å². The largest absolute Gasteiger partial charge is 0.378 e. The summed E-state index contributed by atoms with van der Waals surface area (Å²) in [5.74, 6) is 1.34. The summed E-state index contributed by atoms with van der Waals surface area (Å²) in [5, 5.41) is 14.6. The number of aryl methyl sites for hydroxylation is 1. The van der Waals surface area contributed by atoms with E-state index in [9.17, 15) is 10.1 Å². The molecule has 0 bridgehead atoms. The third-order valence-electron chi connectivity index (χ3n) is 7.59. The molecule has 3 aromatic heterocycles. The van der Waals surface area contributed by atoms with Gasteiger partial charge in [0.25, 0.3) is 5.91 Å². The van der Waals surface area contributed by atoms with Crippen LogP contribution >= 0.6 is 0 Å². The van der Waals surface area contributed by atoms with Crippen LogP contribution in [-0.2, 0) is 11.8 Å². The van der Waals surface area contributed by atoms with E-state index in [0.717, 1.165) is 60.1 Å². The summed E-state index contributed by atoms with van der Waals surface area (Å²) in [6, 6.07) is 8.20. The minimum absolute atomic E-state index is 0.0348. The standard InChI is InChI=1S/C27H29N7O2/c1-17-11-21(7-10-36-17)34-25-22-12-18(13-28)3-4-23(22)29-15-24(25)31-26(34)19-5-8-33(9-6-19)27(35)20-14-30-32(2)16-20/h3-4,12,14-17,19,21H,5-11H2,1-2H3/t17-,21-/m1/s1. The lowest BCUT2D eigenvalue weighted by Gasteiger charge is -2.34. The number of carbonyl (C=O) groups is 1. The summed E-state index contributed by atoms with van der Waals surface area (Å²) in [6.45, 7) is 4.21. The zero-order valence-corrected chi connectivity index (χ0v) is 20.6. The average molecular weight is 484 g/mol. The van der Waals surface area contributed by atoms with Gasteiger partial charge in [-0.2, -0.15) is 10.4 Å². The molecule has 0 radical (unpaired) electrons. The van der Waals surface area contributed by atoms with Crippen LogP contribution in [0.2, 0.25) is 0 Å². The number of nitriles is 1. The molecule has 1 amide bonds. The number of likely N-dealkylation sites (tertiary alicyclic amines) is 1. The molecule has 5 heterocycles. The molecular formula is C27H29N7O2. The number of carbonyl (C=O) groups excluding carboxylic acids is 1. The van der Waals surface area contributed by atoms with Crippen molar-refractivity contribution in [3.63, 3.8) is 0 Å². The number of rotatable bonds is 3. The molecule has 4 aromatic rings. The Hall–Kier alpha value is -3.77. The number of benzene rings is 1. The van der Waals surface area contributed by atoms with E-state index >= 15 is 0 Å². The van der Waals surface area contributed by atoms with Gasteiger partial charge in [-0.15, -0.1) is 0 Å². The molecule has 9 nitrogen and oxygen atoms in total. The summed E-state index contributed by atoms with van der Waals surface area (Å²) >= 11 is 0. The Morgan fingerprint density at radius 1 is 1.17 bits per heavy atom. The molecule has 184 valence electrons. The van der Waals surface area contributed by atoms with Gasteiger partial charge in [-0.3, -0.25) is 14.5 Å². The van der Waals surface area contributed by atoms with Gasteiger partial charge in [0, 0.05) is 50.3 Å². The third-order valence-corrected chi connectivity index (χ3v) is 7.59. The summed E-state index contributed by atoms with van der Waals surface area (Å²) < 4.78 is 9.95. The van der Waals surface area contributed by atoms with E-state index in [0.29, 0.717) is 24.2 Å². The van der Waals surface area contributed by atoms with Gasteiger partial charge in [0.15, 0.2) is 0 Å². The lowest BCUT2D eigenvalue weighted by Crippen LogP contribution is -2.38. The fraction of sp³-hybridized carbons (Fsp3) is 0.444. The van der Waals surface area contributed by atoms with Crippen LogP contribution in [0.5, 0.6) is 0 Å². The van der Waals surface area contributed by atoms with E-state index in [1.54, 1.807) is 17.1 Å². The Balaban J connectivity index is 1.39. The van der Waals surface area contributed by atoms with Crippen molar-refractivity contribution in [1.29, 1.82) is 5.26 Å². The first-order valence-corrected chi connectivity index (χ1v) is 12.6. The molecule has 0 unspecified atom stereocenters. The van der Waals surface area contributed by atoms with Gasteiger partial charge in [-0.05, 0) is 50.8 Å². The van der Waals surface area contributed by atoms with E-state index in [1.165, 1.54) is 0 Å². The second-order valence-electron chi connectivity index (χ2n) is 10.0. The van der Waals surface area contributed by atoms with Crippen molar-refractivity contribution in [3.8, 4) is 6.07 Å².